The Morgan fingerprint density at radius 1 is 0.857 bits per heavy atom. The van der Waals surface area contributed by atoms with Crippen LogP contribution in [0.3, 0.4) is 0 Å². The molecule has 0 unspecified atom stereocenters. The van der Waals surface area contributed by atoms with E-state index >= 15 is 0 Å². The molecule has 2 aromatic carbocycles. The van der Waals surface area contributed by atoms with E-state index in [1.54, 1.807) is 11.8 Å². The van der Waals surface area contributed by atoms with Gasteiger partial charge in [-0.05, 0) is 68.2 Å². The first-order valence-corrected chi connectivity index (χ1v) is 13.1. The van der Waals surface area contributed by atoms with Crippen molar-refractivity contribution < 1.29 is 4.39 Å². The first kappa shape index (κ1) is 23.7. The number of nitrogens with zero attached hydrogens (tertiary/aromatic N) is 5. The number of piperidine rings is 1. The molecule has 1 saturated heterocycles. The van der Waals surface area contributed by atoms with Crippen LogP contribution in [0.4, 0.5) is 4.39 Å². The lowest BCUT2D eigenvalue weighted by atomic mass is 9.95. The van der Waals surface area contributed by atoms with Gasteiger partial charge in [-0.3, -0.25) is 9.88 Å². The second-order valence-corrected chi connectivity index (χ2v) is 10.1. The van der Waals surface area contributed by atoms with Crippen molar-refractivity contribution >= 4 is 11.8 Å². The van der Waals surface area contributed by atoms with Gasteiger partial charge in [-0.1, -0.05) is 60.3 Å². The summed E-state index contributed by atoms with van der Waals surface area (Å²) < 4.78 is 15.6. The van der Waals surface area contributed by atoms with Crippen molar-refractivity contribution in [2.75, 3.05) is 13.1 Å². The van der Waals surface area contributed by atoms with E-state index in [2.05, 4.69) is 61.0 Å². The molecule has 1 aliphatic rings. The normalized spacial score (nSPS) is 14.9. The fourth-order valence-corrected chi connectivity index (χ4v) is 5.52. The van der Waals surface area contributed by atoms with Gasteiger partial charge < -0.3 is 4.57 Å². The van der Waals surface area contributed by atoms with Gasteiger partial charge in [0.25, 0.3) is 0 Å². The Hall–Kier alpha value is -3.03. The lowest BCUT2D eigenvalue weighted by molar-refractivity contribution is 0.198. The number of aryl methyl sites for hydroxylation is 1. The van der Waals surface area contributed by atoms with Crippen molar-refractivity contribution in [1.82, 2.24) is 24.6 Å². The molecule has 2 aromatic heterocycles. The molecule has 5 nitrogen and oxygen atoms in total. The number of thioether (sulfide) groups is 1. The molecular weight excluding hydrogens is 457 g/mol. The van der Waals surface area contributed by atoms with Crippen LogP contribution in [-0.4, -0.2) is 37.7 Å². The van der Waals surface area contributed by atoms with Gasteiger partial charge >= 0.3 is 0 Å². The third-order valence-electron chi connectivity index (χ3n) is 6.49. The number of rotatable bonds is 8. The second-order valence-electron chi connectivity index (χ2n) is 9.15. The van der Waals surface area contributed by atoms with Crippen LogP contribution in [0.1, 0.15) is 47.1 Å². The van der Waals surface area contributed by atoms with Crippen LogP contribution in [0, 0.1) is 12.7 Å². The molecule has 0 bridgehead atoms. The van der Waals surface area contributed by atoms with Crippen LogP contribution in [0.2, 0.25) is 0 Å². The summed E-state index contributed by atoms with van der Waals surface area (Å²) in [5, 5.41) is 10.2. The van der Waals surface area contributed by atoms with Gasteiger partial charge in [0, 0.05) is 23.9 Å². The highest BCUT2D eigenvalue weighted by Gasteiger charge is 2.26. The molecule has 180 valence electrons. The number of aromatic nitrogens is 4. The van der Waals surface area contributed by atoms with Gasteiger partial charge in [0.1, 0.15) is 11.6 Å². The zero-order chi connectivity index (χ0) is 24.0. The van der Waals surface area contributed by atoms with Crippen LogP contribution in [0.15, 0.2) is 78.0 Å². The molecule has 0 aliphatic carbocycles. The smallest absolute Gasteiger partial charge is 0.191 e. The molecule has 35 heavy (non-hydrogen) atoms. The minimum absolute atomic E-state index is 0.210. The molecular formula is C28H30FN5S. The van der Waals surface area contributed by atoms with Gasteiger partial charge in [-0.15, -0.1) is 10.2 Å². The van der Waals surface area contributed by atoms with Crippen molar-refractivity contribution in [1.29, 1.82) is 0 Å². The molecule has 1 aliphatic heterocycles. The first-order chi connectivity index (χ1) is 17.1. The molecule has 0 saturated carbocycles. The number of likely N-dealkylation sites (tertiary alicyclic amines) is 1. The summed E-state index contributed by atoms with van der Waals surface area (Å²) >= 11 is 1.66. The summed E-state index contributed by atoms with van der Waals surface area (Å²) in [6, 6.07) is 23.4. The molecule has 5 rings (SSSR count). The maximum atomic E-state index is 13.3. The van der Waals surface area contributed by atoms with E-state index in [1.165, 1.54) is 17.7 Å². The maximum absolute atomic E-state index is 13.3. The Labute approximate surface area is 210 Å². The molecule has 0 spiro atoms. The third-order valence-corrected chi connectivity index (χ3v) is 7.53. The fraction of sp³-hybridized carbons (Fsp3) is 0.321. The molecule has 0 radical (unpaired) electrons. The highest BCUT2D eigenvalue weighted by Crippen LogP contribution is 2.31. The third kappa shape index (κ3) is 6.16. The monoisotopic (exact) mass is 487 g/mol. The Kier molecular flexibility index (Phi) is 7.54. The largest absolute Gasteiger partial charge is 0.301 e. The van der Waals surface area contributed by atoms with Gasteiger partial charge in [0.15, 0.2) is 5.16 Å². The second kappa shape index (κ2) is 11.1. The fourth-order valence-electron chi connectivity index (χ4n) is 4.62. The lowest BCUT2D eigenvalue weighted by Crippen LogP contribution is -2.33. The SMILES string of the molecule is Cc1cccc(CN2CCC(c3nnc(SCc4ccc(F)cc4)n3Cc3ccccc3)CC2)n1. The molecule has 1 fully saturated rings. The predicted octanol–water partition coefficient (Wildman–Crippen LogP) is 5.84. The zero-order valence-corrected chi connectivity index (χ0v) is 20.8. The van der Waals surface area contributed by atoms with E-state index in [0.717, 1.165) is 72.7 Å². The molecule has 0 atom stereocenters. The molecule has 0 N–H and O–H groups in total. The standard InChI is InChI=1S/C28H30FN5S/c1-21-6-5-9-26(30-21)19-33-16-14-24(15-17-33)27-31-32-28(34(27)18-22-7-3-2-4-8-22)35-20-23-10-12-25(29)13-11-23/h2-13,24H,14-20H2,1H3. The van der Waals surface area contributed by atoms with Crippen molar-refractivity contribution in [2.24, 2.45) is 0 Å². The van der Waals surface area contributed by atoms with Gasteiger partial charge in [0.2, 0.25) is 0 Å². The van der Waals surface area contributed by atoms with Gasteiger partial charge in [-0.25, -0.2) is 4.39 Å². The van der Waals surface area contributed by atoms with Gasteiger partial charge in [0.05, 0.1) is 12.2 Å². The van der Waals surface area contributed by atoms with Crippen LogP contribution in [0.25, 0.3) is 0 Å². The van der Waals surface area contributed by atoms with E-state index in [9.17, 15) is 4.39 Å². The Bertz CT molecular complexity index is 1230. The molecule has 0 amide bonds. The van der Waals surface area contributed by atoms with E-state index < -0.39 is 0 Å². The van der Waals surface area contributed by atoms with Crippen molar-refractivity contribution in [3.8, 4) is 0 Å². The Morgan fingerprint density at radius 2 is 1.63 bits per heavy atom. The van der Waals surface area contributed by atoms with E-state index in [0.29, 0.717) is 5.92 Å². The zero-order valence-electron chi connectivity index (χ0n) is 20.0. The number of pyridine rings is 1. The van der Waals surface area contributed by atoms with Crippen molar-refractivity contribution in [2.45, 2.75) is 49.7 Å². The average molecular weight is 488 g/mol. The van der Waals surface area contributed by atoms with Crippen LogP contribution in [0.5, 0.6) is 0 Å². The summed E-state index contributed by atoms with van der Waals surface area (Å²) in [4.78, 5) is 7.15. The number of benzene rings is 2. The quantitative estimate of drug-likeness (QED) is 0.292. The molecule has 7 heteroatoms. The summed E-state index contributed by atoms with van der Waals surface area (Å²) in [7, 11) is 0. The number of hydrogen-bond donors (Lipinski definition) is 0. The summed E-state index contributed by atoms with van der Waals surface area (Å²) in [5.41, 5.74) is 4.51. The van der Waals surface area contributed by atoms with Gasteiger partial charge in [-0.2, -0.15) is 0 Å². The molecule has 3 heterocycles. The Morgan fingerprint density at radius 3 is 2.37 bits per heavy atom. The summed E-state index contributed by atoms with van der Waals surface area (Å²) in [6.07, 6.45) is 2.11. The maximum Gasteiger partial charge on any atom is 0.191 e. The highest BCUT2D eigenvalue weighted by molar-refractivity contribution is 7.98. The topological polar surface area (TPSA) is 46.8 Å². The minimum Gasteiger partial charge on any atom is -0.301 e. The first-order valence-electron chi connectivity index (χ1n) is 12.1. The predicted molar refractivity (Wildman–Crippen MR) is 138 cm³/mol. The van der Waals surface area contributed by atoms with Crippen molar-refractivity contribution in [3.63, 3.8) is 0 Å². The van der Waals surface area contributed by atoms with Crippen LogP contribution in [-0.2, 0) is 18.8 Å². The Balaban J connectivity index is 1.30. The highest BCUT2D eigenvalue weighted by atomic mass is 32.2. The van der Waals surface area contributed by atoms with E-state index in [4.69, 9.17) is 0 Å². The van der Waals surface area contributed by atoms with E-state index in [-0.39, 0.29) is 5.82 Å². The average Bonchev–Trinajstić information content (AvgIpc) is 3.27. The number of hydrogen-bond acceptors (Lipinski definition) is 5. The van der Waals surface area contributed by atoms with E-state index in [1.807, 2.05) is 31.2 Å². The van der Waals surface area contributed by atoms with Crippen LogP contribution < -0.4 is 0 Å². The summed E-state index contributed by atoms with van der Waals surface area (Å²) in [5.74, 6) is 1.98. The lowest BCUT2D eigenvalue weighted by Gasteiger charge is -2.31. The summed E-state index contributed by atoms with van der Waals surface area (Å²) in [6.45, 7) is 5.74. The van der Waals surface area contributed by atoms with Crippen molar-refractivity contribution in [3.05, 3.63) is 107 Å². The minimum atomic E-state index is -0.210. The number of halogens is 1. The van der Waals surface area contributed by atoms with Crippen LogP contribution >= 0.6 is 11.8 Å². The molecule has 4 aromatic rings.